The van der Waals surface area contributed by atoms with Gasteiger partial charge in [-0.2, -0.15) is 0 Å². The summed E-state index contributed by atoms with van der Waals surface area (Å²) in [6, 6.07) is 3.84. The summed E-state index contributed by atoms with van der Waals surface area (Å²) in [4.78, 5) is 16.7. The van der Waals surface area contributed by atoms with E-state index in [0.29, 0.717) is 31.0 Å². The van der Waals surface area contributed by atoms with Crippen molar-refractivity contribution in [2.24, 2.45) is 11.3 Å². The maximum absolute atomic E-state index is 13.4. The van der Waals surface area contributed by atoms with Gasteiger partial charge in [-0.1, -0.05) is 25.4 Å². The number of carbonyl (C=O) groups excluding carboxylic acids is 1. The molecule has 4 rings (SSSR count). The summed E-state index contributed by atoms with van der Waals surface area (Å²) in [6.45, 7) is 9.49. The molecule has 0 radical (unpaired) electrons. The van der Waals surface area contributed by atoms with Crippen molar-refractivity contribution in [2.45, 2.75) is 45.5 Å². The fraction of sp³-hybridized carbons (Fsp3) is 0.696. The van der Waals surface area contributed by atoms with Gasteiger partial charge in [-0.05, 0) is 42.4 Å². The van der Waals surface area contributed by atoms with Crippen molar-refractivity contribution in [1.29, 1.82) is 0 Å². The molecule has 1 amide bonds. The largest absolute Gasteiger partial charge is 0.352 e. The van der Waals surface area contributed by atoms with Gasteiger partial charge in [0.05, 0.1) is 0 Å². The van der Waals surface area contributed by atoms with Crippen LogP contribution in [0.25, 0.3) is 0 Å². The van der Waals surface area contributed by atoms with E-state index in [1.807, 2.05) is 13.8 Å². The minimum atomic E-state index is -2.48. The van der Waals surface area contributed by atoms with Gasteiger partial charge < -0.3 is 15.1 Å². The average molecular weight is 460 g/mol. The number of hydrogen-bond acceptors (Lipinski definition) is 3. The number of nitrogens with zero attached hydrogens (tertiary/aromatic N) is 2. The van der Waals surface area contributed by atoms with Crippen molar-refractivity contribution in [3.05, 3.63) is 34.6 Å². The highest BCUT2D eigenvalue weighted by molar-refractivity contribution is 6.31. The Balaban J connectivity index is 0.00000132. The molecule has 0 unspecified atom stereocenters. The molecule has 1 aromatic rings. The number of piperidine rings is 1. The highest BCUT2D eigenvalue weighted by Gasteiger charge is 2.51. The lowest BCUT2D eigenvalue weighted by Crippen LogP contribution is -2.64. The van der Waals surface area contributed by atoms with Crippen molar-refractivity contribution in [3.8, 4) is 0 Å². The van der Waals surface area contributed by atoms with Crippen LogP contribution in [0.4, 0.5) is 13.2 Å². The summed E-state index contributed by atoms with van der Waals surface area (Å²) in [6.07, 6.45) is 2.13. The van der Waals surface area contributed by atoms with Crippen molar-refractivity contribution < 1.29 is 18.0 Å². The Bertz CT molecular complexity index is 732. The highest BCUT2D eigenvalue weighted by atomic mass is 35.5. The molecule has 1 aromatic carbocycles. The van der Waals surface area contributed by atoms with E-state index in [1.165, 1.54) is 18.2 Å². The zero-order valence-electron chi connectivity index (χ0n) is 18.4. The van der Waals surface area contributed by atoms with Gasteiger partial charge in [-0.3, -0.25) is 4.79 Å². The second-order valence-corrected chi connectivity index (χ2v) is 9.49. The van der Waals surface area contributed by atoms with Gasteiger partial charge in [-0.15, -0.1) is 0 Å². The molecule has 4 nitrogen and oxygen atoms in total. The van der Waals surface area contributed by atoms with E-state index in [9.17, 15) is 18.0 Å². The maximum Gasteiger partial charge on any atom is 0.251 e. The Morgan fingerprint density at radius 1 is 1.10 bits per heavy atom. The average Bonchev–Trinajstić information content (AvgIpc) is 2.66. The third-order valence-electron chi connectivity index (χ3n) is 6.56. The van der Waals surface area contributed by atoms with Gasteiger partial charge in [0.2, 0.25) is 0 Å². The fourth-order valence-corrected chi connectivity index (χ4v) is 5.26. The molecule has 1 saturated carbocycles. The zero-order valence-corrected chi connectivity index (χ0v) is 19.2. The zero-order chi connectivity index (χ0) is 22.6. The van der Waals surface area contributed by atoms with Crippen molar-refractivity contribution in [2.75, 3.05) is 45.8 Å². The van der Waals surface area contributed by atoms with Crippen LogP contribution >= 0.6 is 11.6 Å². The van der Waals surface area contributed by atoms with Gasteiger partial charge in [0, 0.05) is 69.2 Å². The summed E-state index contributed by atoms with van der Waals surface area (Å²) in [7, 11) is 0. The minimum Gasteiger partial charge on any atom is -0.352 e. The fourth-order valence-electron chi connectivity index (χ4n) is 5.04. The number of carbonyl (C=O) groups is 1. The lowest BCUT2D eigenvalue weighted by Gasteiger charge is -2.59. The Morgan fingerprint density at radius 2 is 1.71 bits per heavy atom. The molecule has 1 N–H and O–H groups in total. The summed E-state index contributed by atoms with van der Waals surface area (Å²) in [5, 5.41) is 3.09. The molecule has 174 valence electrons. The second kappa shape index (κ2) is 10.1. The SMILES string of the molecule is CC.O=C(NCC1CC2(C1)CN(CCN1CCC(F)(F)CC1)C2)c1cc(F)cc(Cl)c1. The Hall–Kier alpha value is -1.31. The van der Waals surface area contributed by atoms with Gasteiger partial charge in [0.15, 0.2) is 0 Å². The molecule has 2 aliphatic heterocycles. The van der Waals surface area contributed by atoms with Crippen LogP contribution in [0, 0.1) is 17.2 Å². The van der Waals surface area contributed by atoms with E-state index in [4.69, 9.17) is 11.6 Å². The van der Waals surface area contributed by atoms with Gasteiger partial charge in [0.1, 0.15) is 5.82 Å². The van der Waals surface area contributed by atoms with Gasteiger partial charge >= 0.3 is 0 Å². The lowest BCUT2D eigenvalue weighted by molar-refractivity contribution is -0.0986. The van der Waals surface area contributed by atoms with E-state index in [1.54, 1.807) is 0 Å². The number of benzene rings is 1. The number of rotatable bonds is 6. The van der Waals surface area contributed by atoms with E-state index in [0.717, 1.165) is 39.0 Å². The number of likely N-dealkylation sites (tertiary alicyclic amines) is 2. The summed E-state index contributed by atoms with van der Waals surface area (Å²) in [5.41, 5.74) is 0.612. The third-order valence-corrected chi connectivity index (χ3v) is 6.78. The molecule has 1 spiro atoms. The van der Waals surface area contributed by atoms with Crippen LogP contribution in [0.15, 0.2) is 18.2 Å². The van der Waals surface area contributed by atoms with Crippen LogP contribution < -0.4 is 5.32 Å². The standard InChI is InChI=1S/C21H27ClF3N3O.C2H6/c22-17-7-16(8-18(23)9-17)19(29)26-12-15-10-20(11-15)13-28(14-20)6-5-27-3-1-21(24,25)2-4-27;1-2/h7-9,15H,1-6,10-14H2,(H,26,29);1-2H3. The van der Waals surface area contributed by atoms with Crippen molar-refractivity contribution in [1.82, 2.24) is 15.1 Å². The van der Waals surface area contributed by atoms with Crippen molar-refractivity contribution >= 4 is 17.5 Å². The molecule has 0 atom stereocenters. The molecule has 8 heteroatoms. The number of amides is 1. The first kappa shape index (κ1) is 24.3. The van der Waals surface area contributed by atoms with Crippen LogP contribution in [-0.4, -0.2) is 67.4 Å². The van der Waals surface area contributed by atoms with E-state index in [2.05, 4.69) is 15.1 Å². The van der Waals surface area contributed by atoms with E-state index >= 15 is 0 Å². The number of alkyl halides is 2. The normalized spacial score (nSPS) is 22.8. The summed E-state index contributed by atoms with van der Waals surface area (Å²) in [5.74, 6) is -2.84. The van der Waals surface area contributed by atoms with E-state index in [-0.39, 0.29) is 29.3 Å². The molecular formula is C23H33ClF3N3O. The smallest absolute Gasteiger partial charge is 0.251 e. The Kier molecular flexibility index (Phi) is 7.92. The number of halogens is 4. The van der Waals surface area contributed by atoms with Crippen LogP contribution in [-0.2, 0) is 0 Å². The molecule has 0 bridgehead atoms. The number of nitrogens with one attached hydrogen (secondary N) is 1. The molecule has 3 aliphatic rings. The highest BCUT2D eigenvalue weighted by Crippen LogP contribution is 2.51. The predicted molar refractivity (Wildman–Crippen MR) is 117 cm³/mol. The number of hydrogen-bond donors (Lipinski definition) is 1. The second-order valence-electron chi connectivity index (χ2n) is 9.05. The Labute approximate surface area is 188 Å². The Morgan fingerprint density at radius 3 is 2.32 bits per heavy atom. The molecule has 31 heavy (non-hydrogen) atoms. The molecule has 3 fully saturated rings. The van der Waals surface area contributed by atoms with Crippen LogP contribution in [0.1, 0.15) is 49.9 Å². The molecule has 0 aromatic heterocycles. The van der Waals surface area contributed by atoms with Crippen LogP contribution in [0.5, 0.6) is 0 Å². The van der Waals surface area contributed by atoms with Crippen LogP contribution in [0.3, 0.4) is 0 Å². The van der Waals surface area contributed by atoms with Gasteiger partial charge in [-0.25, -0.2) is 13.2 Å². The monoisotopic (exact) mass is 459 g/mol. The first-order valence-electron chi connectivity index (χ1n) is 11.3. The predicted octanol–water partition coefficient (Wildman–Crippen LogP) is 4.68. The topological polar surface area (TPSA) is 35.6 Å². The quantitative estimate of drug-likeness (QED) is 0.671. The lowest BCUT2D eigenvalue weighted by atomic mass is 9.57. The molecule has 2 heterocycles. The third kappa shape index (κ3) is 6.36. The van der Waals surface area contributed by atoms with Crippen LogP contribution in [0.2, 0.25) is 5.02 Å². The van der Waals surface area contributed by atoms with Crippen molar-refractivity contribution in [3.63, 3.8) is 0 Å². The van der Waals surface area contributed by atoms with Gasteiger partial charge in [0.25, 0.3) is 11.8 Å². The maximum atomic E-state index is 13.4. The first-order chi connectivity index (χ1) is 14.7. The van der Waals surface area contributed by atoms with E-state index < -0.39 is 11.7 Å². The molecule has 1 aliphatic carbocycles. The summed E-state index contributed by atoms with van der Waals surface area (Å²) < 4.78 is 39.8. The summed E-state index contributed by atoms with van der Waals surface area (Å²) >= 11 is 5.80. The molecule has 2 saturated heterocycles. The first-order valence-corrected chi connectivity index (χ1v) is 11.7. The minimum absolute atomic E-state index is 0.0217. The molecular weight excluding hydrogens is 427 g/mol.